The molecule has 2 aromatic rings. The van der Waals surface area contributed by atoms with Crippen LogP contribution in [-0.4, -0.2) is 28.8 Å². The Kier molecular flexibility index (Phi) is 3.07. The number of benzene rings is 1. The first-order chi connectivity index (χ1) is 10.0. The number of fused-ring (bicyclic) bond motifs is 1. The maximum absolute atomic E-state index is 12.4. The summed E-state index contributed by atoms with van der Waals surface area (Å²) in [5.41, 5.74) is -0.331. The summed E-state index contributed by atoms with van der Waals surface area (Å²) in [6, 6.07) is 10.2. The molecular formula is C16H14N2O3. The quantitative estimate of drug-likeness (QED) is 0.866. The molecule has 1 N–H and O–H groups in total. The summed E-state index contributed by atoms with van der Waals surface area (Å²) in [5, 5.41) is 10.8. The van der Waals surface area contributed by atoms with Crippen LogP contribution in [0.15, 0.2) is 48.8 Å². The van der Waals surface area contributed by atoms with Gasteiger partial charge in [-0.2, -0.15) is 0 Å². The summed E-state index contributed by atoms with van der Waals surface area (Å²) in [7, 11) is 1.59. The molecule has 0 saturated heterocycles. The minimum absolute atomic E-state index is 0.293. The highest BCUT2D eigenvalue weighted by Gasteiger charge is 2.49. The highest BCUT2D eigenvalue weighted by molar-refractivity contribution is 6.10. The van der Waals surface area contributed by atoms with Gasteiger partial charge in [0.15, 0.2) is 11.4 Å². The van der Waals surface area contributed by atoms with Crippen molar-refractivity contribution in [2.24, 2.45) is 0 Å². The largest absolute Gasteiger partial charge is 0.375 e. The van der Waals surface area contributed by atoms with Crippen LogP contribution in [0.1, 0.15) is 22.3 Å². The Morgan fingerprint density at radius 2 is 2.05 bits per heavy atom. The van der Waals surface area contributed by atoms with E-state index >= 15 is 0 Å². The smallest absolute Gasteiger partial charge is 0.263 e. The molecule has 5 heteroatoms. The van der Waals surface area contributed by atoms with Crippen LogP contribution in [0.3, 0.4) is 0 Å². The molecule has 1 aliphatic rings. The number of carbonyl (C=O) groups is 2. The minimum atomic E-state index is -1.81. The van der Waals surface area contributed by atoms with Crippen LogP contribution in [0, 0.1) is 0 Å². The number of anilines is 1. The van der Waals surface area contributed by atoms with E-state index in [9.17, 15) is 14.7 Å². The Hall–Kier alpha value is -2.53. The van der Waals surface area contributed by atoms with E-state index in [0.717, 1.165) is 0 Å². The number of hydrogen-bond donors (Lipinski definition) is 1. The van der Waals surface area contributed by atoms with E-state index in [0.29, 0.717) is 16.8 Å². The van der Waals surface area contributed by atoms with Crippen molar-refractivity contribution < 1.29 is 14.7 Å². The number of nitrogens with zero attached hydrogens (tertiary/aromatic N) is 2. The zero-order valence-corrected chi connectivity index (χ0v) is 11.5. The molecule has 1 aromatic heterocycles. The number of ketones is 1. The van der Waals surface area contributed by atoms with Gasteiger partial charge in [0.1, 0.15) is 0 Å². The SMILES string of the molecule is CN1C(=O)[C@@](O)(CC(=O)c2cccnc2)c2ccccc21. The lowest BCUT2D eigenvalue weighted by Crippen LogP contribution is -2.40. The van der Waals surface area contributed by atoms with Gasteiger partial charge in [0.05, 0.1) is 12.1 Å². The lowest BCUT2D eigenvalue weighted by atomic mass is 9.88. The Bertz CT molecular complexity index is 714. The van der Waals surface area contributed by atoms with Crippen molar-refractivity contribution >= 4 is 17.4 Å². The predicted molar refractivity (Wildman–Crippen MR) is 76.9 cm³/mol. The number of para-hydroxylation sites is 1. The molecule has 0 spiro atoms. The number of aliphatic hydroxyl groups is 1. The van der Waals surface area contributed by atoms with Gasteiger partial charge in [0.25, 0.3) is 5.91 Å². The summed E-state index contributed by atoms with van der Waals surface area (Å²) in [6.45, 7) is 0. The van der Waals surface area contributed by atoms with Crippen molar-refractivity contribution in [1.29, 1.82) is 0 Å². The fourth-order valence-corrected chi connectivity index (χ4v) is 2.65. The molecule has 0 radical (unpaired) electrons. The van der Waals surface area contributed by atoms with E-state index < -0.39 is 11.5 Å². The third-order valence-electron chi connectivity index (χ3n) is 3.77. The molecule has 1 aliphatic heterocycles. The van der Waals surface area contributed by atoms with Gasteiger partial charge in [-0.15, -0.1) is 0 Å². The fraction of sp³-hybridized carbons (Fsp3) is 0.188. The van der Waals surface area contributed by atoms with Gasteiger partial charge in [-0.25, -0.2) is 0 Å². The molecule has 1 aromatic carbocycles. The number of amides is 1. The van der Waals surface area contributed by atoms with E-state index in [1.165, 1.54) is 11.1 Å². The first-order valence-corrected chi connectivity index (χ1v) is 6.57. The third-order valence-corrected chi connectivity index (χ3v) is 3.77. The fourth-order valence-electron chi connectivity index (χ4n) is 2.65. The molecule has 3 rings (SSSR count). The van der Waals surface area contributed by atoms with Crippen molar-refractivity contribution in [3.8, 4) is 0 Å². The van der Waals surface area contributed by atoms with Crippen molar-refractivity contribution in [3.05, 3.63) is 59.9 Å². The first-order valence-electron chi connectivity index (χ1n) is 6.57. The third kappa shape index (κ3) is 2.02. The van der Waals surface area contributed by atoms with Crippen LogP contribution in [0.4, 0.5) is 5.69 Å². The maximum atomic E-state index is 12.4. The molecule has 106 valence electrons. The molecule has 0 fully saturated rings. The van der Waals surface area contributed by atoms with E-state index in [1.807, 2.05) is 0 Å². The van der Waals surface area contributed by atoms with Crippen molar-refractivity contribution in [2.75, 3.05) is 11.9 Å². The second-order valence-corrected chi connectivity index (χ2v) is 5.08. The Morgan fingerprint density at radius 3 is 2.76 bits per heavy atom. The molecular weight excluding hydrogens is 268 g/mol. The van der Waals surface area contributed by atoms with E-state index in [1.54, 1.807) is 49.6 Å². The molecule has 1 amide bonds. The first kappa shape index (κ1) is 13.5. The molecule has 0 bridgehead atoms. The van der Waals surface area contributed by atoms with Crippen LogP contribution in [0.25, 0.3) is 0 Å². The summed E-state index contributed by atoms with van der Waals surface area (Å²) in [5.74, 6) is -0.801. The van der Waals surface area contributed by atoms with Gasteiger partial charge in [-0.05, 0) is 18.2 Å². The highest BCUT2D eigenvalue weighted by atomic mass is 16.3. The highest BCUT2D eigenvalue weighted by Crippen LogP contribution is 2.41. The average Bonchev–Trinajstić information content (AvgIpc) is 2.71. The number of hydrogen-bond acceptors (Lipinski definition) is 4. The number of likely N-dealkylation sites (N-methyl/N-ethyl adjacent to an activating group) is 1. The zero-order valence-electron chi connectivity index (χ0n) is 11.5. The second kappa shape index (κ2) is 4.79. The lowest BCUT2D eigenvalue weighted by Gasteiger charge is -2.21. The lowest BCUT2D eigenvalue weighted by molar-refractivity contribution is -0.135. The average molecular weight is 282 g/mol. The van der Waals surface area contributed by atoms with Crippen LogP contribution < -0.4 is 4.90 Å². The molecule has 0 saturated carbocycles. The minimum Gasteiger partial charge on any atom is -0.375 e. The maximum Gasteiger partial charge on any atom is 0.263 e. The number of Topliss-reactive ketones (excluding diaryl/α,β-unsaturated/α-hetero) is 1. The standard InChI is InChI=1S/C16H14N2O3/c1-18-13-7-3-2-6-12(13)16(21,15(18)20)9-14(19)11-5-4-8-17-10-11/h2-8,10,21H,9H2,1H3/t16-/m1/s1. The number of pyridine rings is 1. The summed E-state index contributed by atoms with van der Waals surface area (Å²) < 4.78 is 0. The number of rotatable bonds is 3. The molecule has 2 heterocycles. The van der Waals surface area contributed by atoms with Crippen LogP contribution in [0.2, 0.25) is 0 Å². The monoisotopic (exact) mass is 282 g/mol. The molecule has 5 nitrogen and oxygen atoms in total. The zero-order chi connectivity index (χ0) is 15.0. The molecule has 21 heavy (non-hydrogen) atoms. The van der Waals surface area contributed by atoms with E-state index in [-0.39, 0.29) is 12.2 Å². The van der Waals surface area contributed by atoms with E-state index in [4.69, 9.17) is 0 Å². The van der Waals surface area contributed by atoms with Crippen LogP contribution >= 0.6 is 0 Å². The van der Waals surface area contributed by atoms with Crippen molar-refractivity contribution in [1.82, 2.24) is 4.98 Å². The Labute approximate surface area is 121 Å². The normalized spacial score (nSPS) is 20.5. The second-order valence-electron chi connectivity index (χ2n) is 5.08. The summed E-state index contributed by atoms with van der Waals surface area (Å²) in [4.78, 5) is 29.9. The Balaban J connectivity index is 1.98. The van der Waals surface area contributed by atoms with Gasteiger partial charge in [-0.1, -0.05) is 18.2 Å². The van der Waals surface area contributed by atoms with E-state index in [2.05, 4.69) is 4.98 Å². The van der Waals surface area contributed by atoms with Gasteiger partial charge < -0.3 is 10.0 Å². The van der Waals surface area contributed by atoms with Gasteiger partial charge in [0, 0.05) is 30.6 Å². The summed E-state index contributed by atoms with van der Waals surface area (Å²) in [6.07, 6.45) is 2.70. The predicted octanol–water partition coefficient (Wildman–Crippen LogP) is 1.52. The topological polar surface area (TPSA) is 70.5 Å². The van der Waals surface area contributed by atoms with Crippen LogP contribution in [-0.2, 0) is 10.4 Å². The summed E-state index contributed by atoms with van der Waals surface area (Å²) >= 11 is 0. The van der Waals surface area contributed by atoms with Crippen molar-refractivity contribution in [3.63, 3.8) is 0 Å². The van der Waals surface area contributed by atoms with Gasteiger partial charge in [-0.3, -0.25) is 14.6 Å². The molecule has 0 aliphatic carbocycles. The molecule has 1 atom stereocenters. The number of carbonyl (C=O) groups excluding carboxylic acids is 2. The van der Waals surface area contributed by atoms with Crippen LogP contribution in [0.5, 0.6) is 0 Å². The van der Waals surface area contributed by atoms with Crippen molar-refractivity contribution in [2.45, 2.75) is 12.0 Å². The number of aromatic nitrogens is 1. The molecule has 0 unspecified atom stereocenters. The van der Waals surface area contributed by atoms with Gasteiger partial charge in [0.2, 0.25) is 0 Å². The van der Waals surface area contributed by atoms with Gasteiger partial charge >= 0.3 is 0 Å². The Morgan fingerprint density at radius 1 is 1.29 bits per heavy atom.